The summed E-state index contributed by atoms with van der Waals surface area (Å²) in [6.45, 7) is -0.486. The van der Waals surface area contributed by atoms with Gasteiger partial charge in [-0.15, -0.1) is 0 Å². The number of hydrogen-bond acceptors (Lipinski definition) is 2. The van der Waals surface area contributed by atoms with Crippen molar-refractivity contribution in [3.05, 3.63) is 27.1 Å². The average Bonchev–Trinajstić information content (AvgIpc) is 2.03. The van der Waals surface area contributed by atoms with Gasteiger partial charge in [0.05, 0.1) is 12.3 Å². The van der Waals surface area contributed by atoms with Gasteiger partial charge >= 0.3 is 6.18 Å². The zero-order valence-corrected chi connectivity index (χ0v) is 8.43. The summed E-state index contributed by atoms with van der Waals surface area (Å²) < 4.78 is 36.7. The van der Waals surface area contributed by atoms with Crippen LogP contribution in [-0.4, -0.2) is 10.1 Å². The van der Waals surface area contributed by atoms with E-state index >= 15 is 0 Å². The van der Waals surface area contributed by atoms with Gasteiger partial charge in [0.1, 0.15) is 0 Å². The van der Waals surface area contributed by atoms with Crippen LogP contribution in [0.2, 0.25) is 0 Å². The van der Waals surface area contributed by atoms with Crippen LogP contribution in [0.3, 0.4) is 0 Å². The van der Waals surface area contributed by atoms with Crippen molar-refractivity contribution in [1.29, 1.82) is 0 Å². The van der Waals surface area contributed by atoms with Gasteiger partial charge in [0.15, 0.2) is 5.69 Å². The zero-order chi connectivity index (χ0) is 10.1. The van der Waals surface area contributed by atoms with E-state index in [9.17, 15) is 13.2 Å². The van der Waals surface area contributed by atoms with E-state index in [1.165, 1.54) is 12.1 Å². The molecule has 6 heteroatoms. The zero-order valence-electron chi connectivity index (χ0n) is 6.27. The van der Waals surface area contributed by atoms with Crippen molar-refractivity contribution in [2.75, 3.05) is 0 Å². The predicted octanol–water partition coefficient (Wildman–Crippen LogP) is 2.20. The second-order valence-electron chi connectivity index (χ2n) is 2.29. The third-order valence-electron chi connectivity index (χ3n) is 1.33. The van der Waals surface area contributed by atoms with Crippen molar-refractivity contribution in [3.63, 3.8) is 0 Å². The first-order chi connectivity index (χ1) is 5.95. The van der Waals surface area contributed by atoms with E-state index in [0.29, 0.717) is 0 Å². The summed E-state index contributed by atoms with van der Waals surface area (Å²) in [4.78, 5) is 3.28. The molecule has 0 fully saturated rings. The summed E-state index contributed by atoms with van der Waals surface area (Å²) in [6, 6.07) is 2.64. The van der Waals surface area contributed by atoms with Crippen molar-refractivity contribution in [3.8, 4) is 0 Å². The Kier molecular flexibility index (Phi) is 3.12. The lowest BCUT2D eigenvalue weighted by atomic mass is 10.3. The molecular weight excluding hydrogens is 298 g/mol. The molecule has 1 N–H and O–H groups in total. The number of aliphatic hydroxyl groups is 1. The Balaban J connectivity index is 3.19. The van der Waals surface area contributed by atoms with Crippen LogP contribution in [-0.2, 0) is 12.8 Å². The fourth-order valence-corrected chi connectivity index (χ4v) is 1.38. The Hall–Kier alpha value is -0.370. The molecule has 1 aromatic rings. The number of aliphatic hydroxyl groups excluding tert-OH is 1. The van der Waals surface area contributed by atoms with Gasteiger partial charge in [0.25, 0.3) is 0 Å². The molecule has 1 heterocycles. The largest absolute Gasteiger partial charge is 0.434 e. The van der Waals surface area contributed by atoms with Gasteiger partial charge in [-0.2, -0.15) is 13.2 Å². The van der Waals surface area contributed by atoms with Crippen molar-refractivity contribution in [2.24, 2.45) is 0 Å². The van der Waals surface area contributed by atoms with Crippen LogP contribution in [0.5, 0.6) is 0 Å². The molecule has 72 valence electrons. The molecule has 0 aliphatic heterocycles. The molecule has 0 saturated heterocycles. The SMILES string of the molecule is OCc1ccc(I)c(C(F)(F)F)n1. The minimum Gasteiger partial charge on any atom is -0.390 e. The predicted molar refractivity (Wildman–Crippen MR) is 47.9 cm³/mol. The smallest absolute Gasteiger partial charge is 0.390 e. The van der Waals surface area contributed by atoms with Crippen LogP contribution in [0.25, 0.3) is 0 Å². The van der Waals surface area contributed by atoms with E-state index in [2.05, 4.69) is 4.98 Å². The summed E-state index contributed by atoms with van der Waals surface area (Å²) in [6.07, 6.45) is -4.46. The molecule has 0 spiro atoms. The van der Waals surface area contributed by atoms with E-state index in [4.69, 9.17) is 5.11 Å². The Labute approximate surface area is 85.9 Å². The Morgan fingerprint density at radius 3 is 2.46 bits per heavy atom. The molecule has 0 aliphatic rings. The molecule has 0 saturated carbocycles. The molecule has 0 bridgehead atoms. The third-order valence-corrected chi connectivity index (χ3v) is 2.20. The number of pyridine rings is 1. The molecule has 0 aliphatic carbocycles. The first kappa shape index (κ1) is 10.7. The molecular formula is C7H5F3INO. The molecule has 1 aromatic heterocycles. The standard InChI is InChI=1S/C7H5F3INO/c8-7(9,10)6-5(11)2-1-4(3-13)12-6/h1-2,13H,3H2. The van der Waals surface area contributed by atoms with Crippen LogP contribution >= 0.6 is 22.6 Å². The lowest BCUT2D eigenvalue weighted by Crippen LogP contribution is -2.11. The van der Waals surface area contributed by atoms with Crippen molar-refractivity contribution >= 4 is 22.6 Å². The van der Waals surface area contributed by atoms with Gasteiger partial charge in [-0.1, -0.05) is 0 Å². The number of alkyl halides is 3. The summed E-state index contributed by atoms with van der Waals surface area (Å²) in [7, 11) is 0. The van der Waals surface area contributed by atoms with Gasteiger partial charge in [-0.3, -0.25) is 0 Å². The minimum absolute atomic E-state index is 0.0211. The number of aromatic nitrogens is 1. The number of halogens is 4. The average molecular weight is 303 g/mol. The van der Waals surface area contributed by atoms with Crippen LogP contribution < -0.4 is 0 Å². The maximum Gasteiger partial charge on any atom is 0.434 e. The molecule has 13 heavy (non-hydrogen) atoms. The van der Waals surface area contributed by atoms with Crippen molar-refractivity contribution < 1.29 is 18.3 Å². The fourth-order valence-electron chi connectivity index (χ4n) is 0.769. The van der Waals surface area contributed by atoms with Gasteiger partial charge in [-0.05, 0) is 34.7 Å². The molecule has 2 nitrogen and oxygen atoms in total. The van der Waals surface area contributed by atoms with E-state index in [-0.39, 0.29) is 9.26 Å². The van der Waals surface area contributed by atoms with Crippen LogP contribution in [0.15, 0.2) is 12.1 Å². The maximum absolute atomic E-state index is 12.2. The van der Waals surface area contributed by atoms with E-state index in [1.54, 1.807) is 22.6 Å². The number of rotatable bonds is 1. The molecule has 0 atom stereocenters. The summed E-state index contributed by atoms with van der Waals surface area (Å²) >= 11 is 1.55. The van der Waals surface area contributed by atoms with Crippen molar-refractivity contribution in [1.82, 2.24) is 4.98 Å². The van der Waals surface area contributed by atoms with E-state index < -0.39 is 18.5 Å². The maximum atomic E-state index is 12.2. The minimum atomic E-state index is -4.46. The molecule has 0 aromatic carbocycles. The molecule has 1 rings (SSSR count). The quantitative estimate of drug-likeness (QED) is 0.807. The van der Waals surface area contributed by atoms with Gasteiger partial charge < -0.3 is 5.11 Å². The third kappa shape index (κ3) is 2.53. The first-order valence-electron chi connectivity index (χ1n) is 3.28. The number of hydrogen-bond donors (Lipinski definition) is 1. The summed E-state index contributed by atoms with van der Waals surface area (Å²) in [5.74, 6) is 0. The lowest BCUT2D eigenvalue weighted by Gasteiger charge is -2.08. The highest BCUT2D eigenvalue weighted by molar-refractivity contribution is 14.1. The highest BCUT2D eigenvalue weighted by Crippen LogP contribution is 2.31. The lowest BCUT2D eigenvalue weighted by molar-refractivity contribution is -0.142. The van der Waals surface area contributed by atoms with E-state index in [0.717, 1.165) is 0 Å². The van der Waals surface area contributed by atoms with Gasteiger partial charge in [0.2, 0.25) is 0 Å². The van der Waals surface area contributed by atoms with Gasteiger partial charge in [-0.25, -0.2) is 4.98 Å². The van der Waals surface area contributed by atoms with Crippen LogP contribution in [0, 0.1) is 3.57 Å². The second kappa shape index (κ2) is 3.79. The highest BCUT2D eigenvalue weighted by Gasteiger charge is 2.35. The fraction of sp³-hybridized carbons (Fsp3) is 0.286. The topological polar surface area (TPSA) is 33.1 Å². The molecule has 0 radical (unpaired) electrons. The normalized spacial score (nSPS) is 11.8. The monoisotopic (exact) mass is 303 g/mol. The number of nitrogens with zero attached hydrogens (tertiary/aromatic N) is 1. The Bertz CT molecular complexity index is 313. The molecule has 0 unspecified atom stereocenters. The Morgan fingerprint density at radius 2 is 2.00 bits per heavy atom. The summed E-state index contributed by atoms with van der Waals surface area (Å²) in [5.41, 5.74) is -0.924. The van der Waals surface area contributed by atoms with Crippen molar-refractivity contribution in [2.45, 2.75) is 12.8 Å². The highest BCUT2D eigenvalue weighted by atomic mass is 127. The van der Waals surface area contributed by atoms with Crippen LogP contribution in [0.1, 0.15) is 11.4 Å². The second-order valence-corrected chi connectivity index (χ2v) is 3.45. The van der Waals surface area contributed by atoms with E-state index in [1.807, 2.05) is 0 Å². The Morgan fingerprint density at radius 1 is 1.38 bits per heavy atom. The van der Waals surface area contributed by atoms with Gasteiger partial charge in [0, 0.05) is 3.57 Å². The first-order valence-corrected chi connectivity index (χ1v) is 4.36. The van der Waals surface area contributed by atoms with Crippen LogP contribution in [0.4, 0.5) is 13.2 Å². The summed E-state index contributed by atoms with van der Waals surface area (Å²) in [5, 5.41) is 8.59. The molecule has 0 amide bonds.